The number of hydrogen-bond acceptors (Lipinski definition) is 2. The van der Waals surface area contributed by atoms with Gasteiger partial charge in [-0.15, -0.1) is 0 Å². The van der Waals surface area contributed by atoms with E-state index in [9.17, 15) is 0 Å². The van der Waals surface area contributed by atoms with Crippen molar-refractivity contribution in [3.8, 4) is 0 Å². The predicted molar refractivity (Wildman–Crippen MR) is 58.0 cm³/mol. The lowest BCUT2D eigenvalue weighted by Crippen LogP contribution is -2.17. The average Bonchev–Trinajstić information content (AvgIpc) is 2.16. The highest BCUT2D eigenvalue weighted by Gasteiger charge is 2.01. The van der Waals surface area contributed by atoms with Crippen molar-refractivity contribution < 1.29 is 0 Å². The smallest absolute Gasteiger partial charge is 0.128 e. The quantitative estimate of drug-likeness (QED) is 0.703. The van der Waals surface area contributed by atoms with Crippen LogP contribution in [0.4, 0.5) is 5.82 Å². The van der Waals surface area contributed by atoms with Gasteiger partial charge in [-0.2, -0.15) is 0 Å². The van der Waals surface area contributed by atoms with Crippen LogP contribution in [0.15, 0.2) is 18.8 Å². The molecule has 1 heterocycles. The van der Waals surface area contributed by atoms with E-state index in [4.69, 9.17) is 0 Å². The fourth-order valence-electron chi connectivity index (χ4n) is 1.14. The van der Waals surface area contributed by atoms with Crippen LogP contribution in [0.5, 0.6) is 0 Å². The Labute approximate surface area is 79.9 Å². The summed E-state index contributed by atoms with van der Waals surface area (Å²) in [4.78, 5) is 6.45. The number of nitrogens with zero attached hydrogens (tertiary/aromatic N) is 2. The standard InChI is InChI=1S/C11H16N2/c1-5-10-8-12-11(7-9(10)3)13(4)6-2/h5,7-8H,1,6H2,2-4H3. The second kappa shape index (κ2) is 4.08. The summed E-state index contributed by atoms with van der Waals surface area (Å²) in [6, 6.07) is 2.08. The number of rotatable bonds is 3. The molecule has 0 aliphatic rings. The molecule has 1 aromatic rings. The van der Waals surface area contributed by atoms with Gasteiger partial charge >= 0.3 is 0 Å². The van der Waals surface area contributed by atoms with Crippen molar-refractivity contribution in [2.75, 3.05) is 18.5 Å². The summed E-state index contributed by atoms with van der Waals surface area (Å²) in [6.07, 6.45) is 3.70. The van der Waals surface area contributed by atoms with E-state index in [-0.39, 0.29) is 0 Å². The average molecular weight is 176 g/mol. The van der Waals surface area contributed by atoms with E-state index in [1.165, 1.54) is 5.56 Å². The highest BCUT2D eigenvalue weighted by atomic mass is 15.1. The molecule has 0 bridgehead atoms. The summed E-state index contributed by atoms with van der Waals surface area (Å²) in [5.74, 6) is 1.02. The third-order valence-electron chi connectivity index (χ3n) is 2.22. The molecule has 0 radical (unpaired) electrons. The zero-order valence-electron chi connectivity index (χ0n) is 8.54. The normalized spacial score (nSPS) is 9.77. The Morgan fingerprint density at radius 3 is 2.77 bits per heavy atom. The number of aromatic nitrogens is 1. The molecule has 1 rings (SSSR count). The van der Waals surface area contributed by atoms with Crippen molar-refractivity contribution in [3.05, 3.63) is 30.0 Å². The van der Waals surface area contributed by atoms with Crippen molar-refractivity contribution >= 4 is 11.9 Å². The first-order chi connectivity index (χ1) is 6.19. The highest BCUT2D eigenvalue weighted by Crippen LogP contribution is 2.14. The molecule has 70 valence electrons. The van der Waals surface area contributed by atoms with Crippen LogP contribution in [0.1, 0.15) is 18.1 Å². The Kier molecular flexibility index (Phi) is 3.07. The van der Waals surface area contributed by atoms with E-state index in [0.29, 0.717) is 0 Å². The van der Waals surface area contributed by atoms with Gasteiger partial charge in [-0.05, 0) is 31.0 Å². The van der Waals surface area contributed by atoms with Gasteiger partial charge in [-0.1, -0.05) is 12.7 Å². The first-order valence-corrected chi connectivity index (χ1v) is 4.49. The van der Waals surface area contributed by atoms with Gasteiger partial charge in [0.25, 0.3) is 0 Å². The second-order valence-electron chi connectivity index (χ2n) is 3.12. The summed E-state index contributed by atoms with van der Waals surface area (Å²) in [5.41, 5.74) is 2.33. The minimum absolute atomic E-state index is 0.972. The zero-order valence-corrected chi connectivity index (χ0v) is 8.54. The molecule has 0 aliphatic heterocycles. The van der Waals surface area contributed by atoms with Crippen LogP contribution < -0.4 is 4.90 Å². The lowest BCUT2D eigenvalue weighted by Gasteiger charge is -2.16. The summed E-state index contributed by atoms with van der Waals surface area (Å²) in [6.45, 7) is 8.89. The van der Waals surface area contributed by atoms with Gasteiger partial charge in [0.2, 0.25) is 0 Å². The van der Waals surface area contributed by atoms with Gasteiger partial charge < -0.3 is 4.90 Å². The molecule has 0 saturated heterocycles. The number of aryl methyl sites for hydroxylation is 1. The van der Waals surface area contributed by atoms with Crippen molar-refractivity contribution in [1.29, 1.82) is 0 Å². The summed E-state index contributed by atoms with van der Waals surface area (Å²) in [7, 11) is 2.04. The molecular formula is C11H16N2. The fraction of sp³-hybridized carbons (Fsp3) is 0.364. The topological polar surface area (TPSA) is 16.1 Å². The zero-order chi connectivity index (χ0) is 9.84. The number of hydrogen-bond donors (Lipinski definition) is 0. The van der Waals surface area contributed by atoms with Crippen molar-refractivity contribution in [1.82, 2.24) is 4.98 Å². The minimum Gasteiger partial charge on any atom is -0.360 e. The van der Waals surface area contributed by atoms with Crippen molar-refractivity contribution in [2.24, 2.45) is 0 Å². The Morgan fingerprint density at radius 2 is 2.31 bits per heavy atom. The van der Waals surface area contributed by atoms with Crippen molar-refractivity contribution in [2.45, 2.75) is 13.8 Å². The Morgan fingerprint density at radius 1 is 1.62 bits per heavy atom. The maximum Gasteiger partial charge on any atom is 0.128 e. The van der Waals surface area contributed by atoms with Gasteiger partial charge in [0, 0.05) is 19.8 Å². The molecule has 0 aliphatic carbocycles. The van der Waals surface area contributed by atoms with E-state index in [1.54, 1.807) is 0 Å². The molecule has 0 saturated carbocycles. The van der Waals surface area contributed by atoms with E-state index < -0.39 is 0 Å². The molecule has 0 unspecified atom stereocenters. The predicted octanol–water partition coefficient (Wildman–Crippen LogP) is 2.49. The Hall–Kier alpha value is -1.31. The molecule has 2 nitrogen and oxygen atoms in total. The van der Waals surface area contributed by atoms with Gasteiger partial charge in [-0.3, -0.25) is 0 Å². The van der Waals surface area contributed by atoms with E-state index in [0.717, 1.165) is 17.9 Å². The molecule has 0 atom stereocenters. The van der Waals surface area contributed by atoms with Gasteiger partial charge in [0.05, 0.1) is 0 Å². The summed E-state index contributed by atoms with van der Waals surface area (Å²) >= 11 is 0. The van der Waals surface area contributed by atoms with E-state index in [1.807, 2.05) is 19.3 Å². The minimum atomic E-state index is 0.972. The third kappa shape index (κ3) is 2.08. The van der Waals surface area contributed by atoms with E-state index in [2.05, 4.69) is 36.4 Å². The molecule has 2 heteroatoms. The molecule has 1 aromatic heterocycles. The lowest BCUT2D eigenvalue weighted by atomic mass is 10.1. The Balaban J connectivity index is 3.02. The Bertz CT molecular complexity index is 305. The van der Waals surface area contributed by atoms with Crippen LogP contribution in [0.2, 0.25) is 0 Å². The van der Waals surface area contributed by atoms with Crippen LogP contribution in [-0.2, 0) is 0 Å². The highest BCUT2D eigenvalue weighted by molar-refractivity contribution is 5.54. The first-order valence-electron chi connectivity index (χ1n) is 4.49. The van der Waals surface area contributed by atoms with Crippen LogP contribution >= 0.6 is 0 Å². The second-order valence-corrected chi connectivity index (χ2v) is 3.12. The van der Waals surface area contributed by atoms with Crippen LogP contribution in [-0.4, -0.2) is 18.6 Å². The van der Waals surface area contributed by atoms with Gasteiger partial charge in [-0.25, -0.2) is 4.98 Å². The van der Waals surface area contributed by atoms with Gasteiger partial charge in [0.1, 0.15) is 5.82 Å². The SMILES string of the molecule is C=Cc1cnc(N(C)CC)cc1C. The molecule has 0 aromatic carbocycles. The molecule has 0 N–H and O–H groups in total. The van der Waals surface area contributed by atoms with Crippen molar-refractivity contribution in [3.63, 3.8) is 0 Å². The largest absolute Gasteiger partial charge is 0.360 e. The summed E-state index contributed by atoms with van der Waals surface area (Å²) in [5, 5.41) is 0. The van der Waals surface area contributed by atoms with Crippen LogP contribution in [0, 0.1) is 6.92 Å². The number of anilines is 1. The molecular weight excluding hydrogens is 160 g/mol. The molecule has 13 heavy (non-hydrogen) atoms. The molecule has 0 amide bonds. The van der Waals surface area contributed by atoms with Crippen LogP contribution in [0.25, 0.3) is 6.08 Å². The lowest BCUT2D eigenvalue weighted by molar-refractivity contribution is 0.935. The first kappa shape index (κ1) is 9.78. The van der Waals surface area contributed by atoms with Gasteiger partial charge in [0.15, 0.2) is 0 Å². The van der Waals surface area contributed by atoms with E-state index >= 15 is 0 Å². The third-order valence-corrected chi connectivity index (χ3v) is 2.22. The fourth-order valence-corrected chi connectivity index (χ4v) is 1.14. The maximum atomic E-state index is 4.34. The summed E-state index contributed by atoms with van der Waals surface area (Å²) < 4.78 is 0. The molecule has 0 fully saturated rings. The number of pyridine rings is 1. The maximum absolute atomic E-state index is 4.34. The monoisotopic (exact) mass is 176 g/mol. The van der Waals surface area contributed by atoms with Crippen LogP contribution in [0.3, 0.4) is 0 Å². The molecule has 0 spiro atoms.